The lowest BCUT2D eigenvalue weighted by molar-refractivity contribution is 0.527. The van der Waals surface area contributed by atoms with Crippen molar-refractivity contribution >= 4 is 11.8 Å². The fourth-order valence-corrected chi connectivity index (χ4v) is 3.27. The molecular formula is C11H17NOS. The minimum absolute atomic E-state index is 0.398. The number of nitrogens with two attached hydrogens (primary N) is 1. The van der Waals surface area contributed by atoms with Crippen molar-refractivity contribution in [2.75, 3.05) is 0 Å². The molecule has 0 aliphatic heterocycles. The first-order valence-electron chi connectivity index (χ1n) is 5.17. The maximum atomic E-state index is 6.01. The molecule has 1 aromatic heterocycles. The second kappa shape index (κ2) is 4.41. The van der Waals surface area contributed by atoms with E-state index in [1.54, 1.807) is 6.26 Å². The van der Waals surface area contributed by atoms with Gasteiger partial charge in [0.25, 0.3) is 0 Å². The summed E-state index contributed by atoms with van der Waals surface area (Å²) in [6, 6.07) is 2.42. The number of rotatable bonds is 3. The molecule has 1 heterocycles. The molecule has 2 atom stereocenters. The fraction of sp³-hybridized carbons (Fsp3) is 0.636. The molecule has 0 spiro atoms. The summed E-state index contributed by atoms with van der Waals surface area (Å²) in [5, 5.41) is 0.638. The monoisotopic (exact) mass is 211 g/mol. The molecule has 2 rings (SSSR count). The van der Waals surface area contributed by atoms with Crippen molar-refractivity contribution in [3.63, 3.8) is 0 Å². The summed E-state index contributed by atoms with van der Waals surface area (Å²) >= 11 is 1.95. The SMILES string of the molecule is Cc1ccoc1CSC1CCCC1N. The van der Waals surface area contributed by atoms with Crippen LogP contribution in [-0.2, 0) is 5.75 Å². The largest absolute Gasteiger partial charge is 0.468 e. The molecule has 1 fully saturated rings. The highest BCUT2D eigenvalue weighted by atomic mass is 32.2. The van der Waals surface area contributed by atoms with Gasteiger partial charge < -0.3 is 10.2 Å². The van der Waals surface area contributed by atoms with Crippen molar-refractivity contribution < 1.29 is 4.42 Å². The molecule has 2 nitrogen and oxygen atoms in total. The highest BCUT2D eigenvalue weighted by molar-refractivity contribution is 7.99. The Morgan fingerprint density at radius 2 is 2.43 bits per heavy atom. The van der Waals surface area contributed by atoms with E-state index in [1.807, 2.05) is 17.8 Å². The lowest BCUT2D eigenvalue weighted by Gasteiger charge is -2.13. The number of furan rings is 1. The molecule has 0 radical (unpaired) electrons. The van der Waals surface area contributed by atoms with Gasteiger partial charge in [-0.25, -0.2) is 0 Å². The van der Waals surface area contributed by atoms with Crippen LogP contribution in [0, 0.1) is 6.92 Å². The lowest BCUT2D eigenvalue weighted by Crippen LogP contribution is -2.26. The lowest BCUT2D eigenvalue weighted by atomic mass is 10.3. The van der Waals surface area contributed by atoms with E-state index in [-0.39, 0.29) is 0 Å². The average Bonchev–Trinajstić information content (AvgIpc) is 2.72. The normalized spacial score (nSPS) is 27.0. The molecule has 3 heteroatoms. The molecule has 2 unspecified atom stereocenters. The van der Waals surface area contributed by atoms with Crippen molar-refractivity contribution in [2.24, 2.45) is 5.73 Å². The van der Waals surface area contributed by atoms with Crippen LogP contribution in [0.3, 0.4) is 0 Å². The molecule has 1 saturated carbocycles. The second-order valence-corrected chi connectivity index (χ2v) is 5.20. The summed E-state index contributed by atoms with van der Waals surface area (Å²) in [4.78, 5) is 0. The van der Waals surface area contributed by atoms with E-state index in [1.165, 1.54) is 24.8 Å². The molecular weight excluding hydrogens is 194 g/mol. The first-order valence-corrected chi connectivity index (χ1v) is 6.22. The average molecular weight is 211 g/mol. The van der Waals surface area contributed by atoms with Crippen LogP contribution in [0.1, 0.15) is 30.6 Å². The first-order chi connectivity index (χ1) is 6.77. The fourth-order valence-electron chi connectivity index (χ4n) is 1.90. The van der Waals surface area contributed by atoms with Crippen LogP contribution in [0.2, 0.25) is 0 Å². The molecule has 0 bridgehead atoms. The van der Waals surface area contributed by atoms with Crippen molar-refractivity contribution in [2.45, 2.75) is 43.2 Å². The maximum Gasteiger partial charge on any atom is 0.116 e. The molecule has 2 N–H and O–H groups in total. The predicted molar refractivity (Wildman–Crippen MR) is 60.4 cm³/mol. The van der Waals surface area contributed by atoms with Crippen LogP contribution in [0.4, 0.5) is 0 Å². The van der Waals surface area contributed by atoms with Gasteiger partial charge in [0.2, 0.25) is 0 Å². The van der Waals surface area contributed by atoms with Gasteiger partial charge in [0.1, 0.15) is 5.76 Å². The summed E-state index contributed by atoms with van der Waals surface area (Å²) in [5.41, 5.74) is 7.26. The Kier molecular flexibility index (Phi) is 3.19. The second-order valence-electron chi connectivity index (χ2n) is 3.97. The van der Waals surface area contributed by atoms with Crippen LogP contribution < -0.4 is 5.73 Å². The zero-order chi connectivity index (χ0) is 9.97. The number of hydrogen-bond acceptors (Lipinski definition) is 3. The van der Waals surface area contributed by atoms with Gasteiger partial charge in [-0.2, -0.15) is 0 Å². The summed E-state index contributed by atoms with van der Waals surface area (Å²) in [6.07, 6.45) is 5.51. The van der Waals surface area contributed by atoms with Crippen molar-refractivity contribution in [1.82, 2.24) is 0 Å². The van der Waals surface area contributed by atoms with Crippen LogP contribution in [0.5, 0.6) is 0 Å². The minimum atomic E-state index is 0.398. The minimum Gasteiger partial charge on any atom is -0.468 e. The van der Waals surface area contributed by atoms with Gasteiger partial charge in [0.05, 0.1) is 12.0 Å². The molecule has 78 valence electrons. The topological polar surface area (TPSA) is 39.2 Å². The molecule has 0 saturated heterocycles. The molecule has 0 aromatic carbocycles. The Morgan fingerprint density at radius 3 is 3.00 bits per heavy atom. The summed E-state index contributed by atoms with van der Waals surface area (Å²) < 4.78 is 5.40. The van der Waals surface area contributed by atoms with Crippen LogP contribution >= 0.6 is 11.8 Å². The first kappa shape index (κ1) is 10.1. The Morgan fingerprint density at radius 1 is 1.57 bits per heavy atom. The predicted octanol–water partition coefficient (Wildman–Crippen LogP) is 2.70. The number of hydrogen-bond donors (Lipinski definition) is 1. The Balaban J connectivity index is 1.85. The Bertz CT molecular complexity index is 297. The summed E-state index contributed by atoms with van der Waals surface area (Å²) in [6.45, 7) is 2.09. The van der Waals surface area contributed by atoms with Crippen molar-refractivity contribution in [3.05, 3.63) is 23.7 Å². The maximum absolute atomic E-state index is 6.01. The van der Waals surface area contributed by atoms with E-state index in [4.69, 9.17) is 10.2 Å². The van der Waals surface area contributed by atoms with E-state index in [0.29, 0.717) is 11.3 Å². The third-order valence-corrected chi connectivity index (χ3v) is 4.34. The zero-order valence-corrected chi connectivity index (χ0v) is 9.35. The highest BCUT2D eigenvalue weighted by Crippen LogP contribution is 2.31. The highest BCUT2D eigenvalue weighted by Gasteiger charge is 2.24. The van der Waals surface area contributed by atoms with Gasteiger partial charge in [0, 0.05) is 11.3 Å². The van der Waals surface area contributed by atoms with E-state index >= 15 is 0 Å². The summed E-state index contributed by atoms with van der Waals surface area (Å²) in [5.74, 6) is 2.08. The van der Waals surface area contributed by atoms with Gasteiger partial charge in [-0.3, -0.25) is 0 Å². The molecule has 1 aromatic rings. The Hall–Kier alpha value is -0.410. The molecule has 0 amide bonds. The van der Waals surface area contributed by atoms with E-state index < -0.39 is 0 Å². The number of thioether (sulfide) groups is 1. The van der Waals surface area contributed by atoms with Gasteiger partial charge in [-0.15, -0.1) is 11.8 Å². The smallest absolute Gasteiger partial charge is 0.116 e. The van der Waals surface area contributed by atoms with Gasteiger partial charge in [-0.05, 0) is 31.4 Å². The van der Waals surface area contributed by atoms with Gasteiger partial charge >= 0.3 is 0 Å². The van der Waals surface area contributed by atoms with E-state index in [2.05, 4.69) is 6.92 Å². The zero-order valence-electron chi connectivity index (χ0n) is 8.53. The number of aryl methyl sites for hydroxylation is 1. The Labute approximate surface area is 89.2 Å². The standard InChI is InChI=1S/C11H17NOS/c1-8-5-6-13-10(8)7-14-11-4-2-3-9(11)12/h5-6,9,11H,2-4,7,12H2,1H3. The molecule has 1 aliphatic rings. The summed E-state index contributed by atoms with van der Waals surface area (Å²) in [7, 11) is 0. The third kappa shape index (κ3) is 2.15. The van der Waals surface area contributed by atoms with E-state index in [9.17, 15) is 0 Å². The van der Waals surface area contributed by atoms with Crippen molar-refractivity contribution in [3.8, 4) is 0 Å². The third-order valence-electron chi connectivity index (χ3n) is 2.90. The van der Waals surface area contributed by atoms with Crippen LogP contribution in [-0.4, -0.2) is 11.3 Å². The van der Waals surface area contributed by atoms with E-state index in [0.717, 1.165) is 11.5 Å². The molecule has 14 heavy (non-hydrogen) atoms. The van der Waals surface area contributed by atoms with Crippen LogP contribution in [0.15, 0.2) is 16.7 Å². The van der Waals surface area contributed by atoms with Gasteiger partial charge in [0.15, 0.2) is 0 Å². The van der Waals surface area contributed by atoms with Crippen LogP contribution in [0.25, 0.3) is 0 Å². The van der Waals surface area contributed by atoms with Crippen molar-refractivity contribution in [1.29, 1.82) is 0 Å². The molecule has 1 aliphatic carbocycles. The quantitative estimate of drug-likeness (QED) is 0.835. The van der Waals surface area contributed by atoms with Gasteiger partial charge in [-0.1, -0.05) is 6.42 Å².